The normalized spacial score (nSPS) is 15.0. The molecule has 2 heterocycles. The third-order valence-corrected chi connectivity index (χ3v) is 6.12. The number of carbonyl (C=O) groups is 2. The standard InChI is InChI=1S/C28H35N5O2/c1-21-11-8-9-14-23(21)26-24(19-33(30-26)22-12-6-5-7-13-22)27(35)32-16-10-15-31(17-18-32)20-25(34)29-28(2,3)4/h5-9,11-14,19H,10,15-18,20H2,1-4H3,(H,29,34). The minimum absolute atomic E-state index is 0.0169. The molecule has 1 saturated heterocycles. The average Bonchev–Trinajstić information content (AvgIpc) is 3.12. The Kier molecular flexibility index (Phi) is 7.36. The van der Waals surface area contributed by atoms with Gasteiger partial charge < -0.3 is 10.2 Å². The van der Waals surface area contributed by atoms with E-state index >= 15 is 0 Å². The maximum Gasteiger partial charge on any atom is 0.257 e. The number of carbonyl (C=O) groups excluding carboxylic acids is 2. The molecule has 0 radical (unpaired) electrons. The van der Waals surface area contributed by atoms with Crippen molar-refractivity contribution in [2.75, 3.05) is 32.7 Å². The Bertz CT molecular complexity index is 1180. The van der Waals surface area contributed by atoms with Crippen molar-refractivity contribution in [3.05, 3.63) is 71.9 Å². The van der Waals surface area contributed by atoms with Crippen LogP contribution in [0.25, 0.3) is 16.9 Å². The maximum atomic E-state index is 13.8. The zero-order valence-electron chi connectivity index (χ0n) is 21.1. The van der Waals surface area contributed by atoms with Crippen LogP contribution >= 0.6 is 0 Å². The second-order valence-corrected chi connectivity index (χ2v) is 10.2. The summed E-state index contributed by atoms with van der Waals surface area (Å²) < 4.78 is 1.79. The fourth-order valence-electron chi connectivity index (χ4n) is 4.44. The van der Waals surface area contributed by atoms with Gasteiger partial charge in [0, 0.05) is 43.5 Å². The van der Waals surface area contributed by atoms with E-state index in [0.29, 0.717) is 37.4 Å². The van der Waals surface area contributed by atoms with E-state index in [1.807, 2.05) is 93.4 Å². The number of hydrogen-bond donors (Lipinski definition) is 1. The molecule has 2 amide bonds. The average molecular weight is 474 g/mol. The first-order chi connectivity index (χ1) is 16.7. The van der Waals surface area contributed by atoms with Crippen molar-refractivity contribution < 1.29 is 9.59 Å². The zero-order valence-corrected chi connectivity index (χ0v) is 21.1. The van der Waals surface area contributed by atoms with E-state index in [0.717, 1.165) is 29.8 Å². The van der Waals surface area contributed by atoms with Crippen LogP contribution in [0.1, 0.15) is 43.1 Å². The highest BCUT2D eigenvalue weighted by Crippen LogP contribution is 2.28. The molecule has 0 spiro atoms. The number of benzene rings is 2. The summed E-state index contributed by atoms with van der Waals surface area (Å²) in [5, 5.41) is 7.87. The van der Waals surface area contributed by atoms with Crippen molar-refractivity contribution in [1.29, 1.82) is 0 Å². The molecule has 0 unspecified atom stereocenters. The number of para-hydroxylation sites is 1. The quantitative estimate of drug-likeness (QED) is 0.610. The van der Waals surface area contributed by atoms with Crippen LogP contribution in [0, 0.1) is 6.92 Å². The molecule has 1 fully saturated rings. The van der Waals surface area contributed by atoms with Crippen LogP contribution in [0.5, 0.6) is 0 Å². The van der Waals surface area contributed by atoms with Crippen molar-refractivity contribution in [2.45, 2.75) is 39.7 Å². The van der Waals surface area contributed by atoms with Crippen LogP contribution in [0.2, 0.25) is 0 Å². The smallest absolute Gasteiger partial charge is 0.257 e. The lowest BCUT2D eigenvalue weighted by molar-refractivity contribution is -0.123. The molecule has 2 aromatic carbocycles. The summed E-state index contributed by atoms with van der Waals surface area (Å²) >= 11 is 0. The van der Waals surface area contributed by atoms with Gasteiger partial charge in [0.1, 0.15) is 5.69 Å². The lowest BCUT2D eigenvalue weighted by Gasteiger charge is -2.25. The first kappa shape index (κ1) is 24.7. The Morgan fingerprint density at radius 3 is 2.37 bits per heavy atom. The lowest BCUT2D eigenvalue weighted by Crippen LogP contribution is -2.46. The van der Waals surface area contributed by atoms with Crippen molar-refractivity contribution in [3.8, 4) is 16.9 Å². The molecule has 7 nitrogen and oxygen atoms in total. The highest BCUT2D eigenvalue weighted by Gasteiger charge is 2.27. The Hall–Kier alpha value is -3.45. The highest BCUT2D eigenvalue weighted by atomic mass is 16.2. The van der Waals surface area contributed by atoms with Crippen LogP contribution in [-0.4, -0.2) is 69.7 Å². The molecule has 0 atom stereocenters. The Balaban J connectivity index is 1.56. The van der Waals surface area contributed by atoms with E-state index in [9.17, 15) is 9.59 Å². The summed E-state index contributed by atoms with van der Waals surface area (Å²) in [6, 6.07) is 17.9. The fourth-order valence-corrected chi connectivity index (χ4v) is 4.44. The lowest BCUT2D eigenvalue weighted by atomic mass is 10.0. The molecular formula is C28H35N5O2. The Morgan fingerprint density at radius 2 is 1.66 bits per heavy atom. The summed E-state index contributed by atoms with van der Waals surface area (Å²) in [6.07, 6.45) is 2.67. The number of aromatic nitrogens is 2. The molecule has 0 aliphatic carbocycles. The van der Waals surface area contributed by atoms with E-state index in [1.54, 1.807) is 4.68 Å². The van der Waals surface area contributed by atoms with Gasteiger partial charge in [-0.05, 0) is 51.8 Å². The van der Waals surface area contributed by atoms with E-state index in [1.165, 1.54) is 0 Å². The van der Waals surface area contributed by atoms with Crippen LogP contribution in [0.4, 0.5) is 0 Å². The Labute approximate surface area is 207 Å². The van der Waals surface area contributed by atoms with E-state index in [2.05, 4.69) is 10.2 Å². The van der Waals surface area contributed by atoms with Crippen LogP contribution < -0.4 is 5.32 Å². The first-order valence-electron chi connectivity index (χ1n) is 12.2. The number of aryl methyl sites for hydroxylation is 1. The fraction of sp³-hybridized carbons (Fsp3) is 0.393. The summed E-state index contributed by atoms with van der Waals surface area (Å²) in [5.41, 5.74) is 3.99. The Morgan fingerprint density at radius 1 is 0.943 bits per heavy atom. The molecule has 0 bridgehead atoms. The predicted octanol–water partition coefficient (Wildman–Crippen LogP) is 3.91. The van der Waals surface area contributed by atoms with Gasteiger partial charge in [0.25, 0.3) is 5.91 Å². The highest BCUT2D eigenvalue weighted by molar-refractivity contribution is 6.00. The van der Waals surface area contributed by atoms with Crippen molar-refractivity contribution >= 4 is 11.8 Å². The van der Waals surface area contributed by atoms with Gasteiger partial charge in [0.2, 0.25) is 5.91 Å². The van der Waals surface area contributed by atoms with Crippen LogP contribution in [-0.2, 0) is 4.79 Å². The van der Waals surface area contributed by atoms with Crippen molar-refractivity contribution in [3.63, 3.8) is 0 Å². The molecular weight excluding hydrogens is 438 g/mol. The number of nitrogens with one attached hydrogen (secondary N) is 1. The molecule has 3 aromatic rings. The predicted molar refractivity (Wildman–Crippen MR) is 139 cm³/mol. The molecule has 35 heavy (non-hydrogen) atoms. The first-order valence-corrected chi connectivity index (χ1v) is 12.2. The molecule has 1 aromatic heterocycles. The molecule has 0 saturated carbocycles. The number of nitrogens with zero attached hydrogens (tertiary/aromatic N) is 4. The van der Waals surface area contributed by atoms with Crippen molar-refractivity contribution in [2.24, 2.45) is 0 Å². The van der Waals surface area contributed by atoms with Crippen LogP contribution in [0.15, 0.2) is 60.8 Å². The summed E-state index contributed by atoms with van der Waals surface area (Å²) in [6.45, 7) is 11.0. The summed E-state index contributed by atoms with van der Waals surface area (Å²) in [5.74, 6) is -0.00493. The second kappa shape index (κ2) is 10.4. The molecule has 1 aliphatic rings. The maximum absolute atomic E-state index is 13.8. The van der Waals surface area contributed by atoms with E-state index < -0.39 is 0 Å². The topological polar surface area (TPSA) is 70.5 Å². The SMILES string of the molecule is Cc1ccccc1-c1nn(-c2ccccc2)cc1C(=O)N1CCCN(CC(=O)NC(C)(C)C)CC1. The molecule has 1 N–H and O–H groups in total. The number of rotatable bonds is 5. The van der Waals surface area contributed by atoms with Gasteiger partial charge in [-0.2, -0.15) is 5.10 Å². The molecule has 7 heteroatoms. The molecule has 184 valence electrons. The van der Waals surface area contributed by atoms with Gasteiger partial charge in [-0.1, -0.05) is 42.5 Å². The zero-order chi connectivity index (χ0) is 25.0. The second-order valence-electron chi connectivity index (χ2n) is 10.2. The van der Waals surface area contributed by atoms with Crippen LogP contribution in [0.3, 0.4) is 0 Å². The summed E-state index contributed by atoms with van der Waals surface area (Å²) in [7, 11) is 0. The van der Waals surface area contributed by atoms with E-state index in [4.69, 9.17) is 5.10 Å². The van der Waals surface area contributed by atoms with Gasteiger partial charge >= 0.3 is 0 Å². The minimum atomic E-state index is -0.254. The third-order valence-electron chi connectivity index (χ3n) is 6.12. The van der Waals surface area contributed by atoms with Gasteiger partial charge in [0.15, 0.2) is 0 Å². The third kappa shape index (κ3) is 6.17. The van der Waals surface area contributed by atoms with Gasteiger partial charge in [-0.15, -0.1) is 0 Å². The number of hydrogen-bond acceptors (Lipinski definition) is 4. The molecule has 4 rings (SSSR count). The monoisotopic (exact) mass is 473 g/mol. The number of amides is 2. The minimum Gasteiger partial charge on any atom is -0.350 e. The van der Waals surface area contributed by atoms with Gasteiger partial charge in [-0.3, -0.25) is 14.5 Å². The van der Waals surface area contributed by atoms with Crippen molar-refractivity contribution in [1.82, 2.24) is 24.9 Å². The largest absolute Gasteiger partial charge is 0.350 e. The van der Waals surface area contributed by atoms with Gasteiger partial charge in [-0.25, -0.2) is 4.68 Å². The van der Waals surface area contributed by atoms with Gasteiger partial charge in [0.05, 0.1) is 17.8 Å². The molecule has 1 aliphatic heterocycles. The van der Waals surface area contributed by atoms with E-state index in [-0.39, 0.29) is 17.4 Å². The summed E-state index contributed by atoms with van der Waals surface area (Å²) in [4.78, 5) is 30.2.